The van der Waals surface area contributed by atoms with Gasteiger partial charge in [0.25, 0.3) is 5.91 Å². The van der Waals surface area contributed by atoms with Crippen molar-refractivity contribution in [3.63, 3.8) is 0 Å². The van der Waals surface area contributed by atoms with Crippen molar-refractivity contribution in [3.8, 4) is 0 Å². The first-order valence-corrected chi connectivity index (χ1v) is 11.1. The molecule has 0 bridgehead atoms. The van der Waals surface area contributed by atoms with Gasteiger partial charge in [-0.3, -0.25) is 14.7 Å². The third-order valence-corrected chi connectivity index (χ3v) is 6.10. The van der Waals surface area contributed by atoms with Crippen molar-refractivity contribution in [1.82, 2.24) is 25.2 Å². The Kier molecular flexibility index (Phi) is 6.81. The van der Waals surface area contributed by atoms with Gasteiger partial charge in [0, 0.05) is 35.6 Å². The van der Waals surface area contributed by atoms with Crippen LogP contribution in [0, 0.1) is 6.92 Å². The number of nitrogens with zero attached hydrogens (tertiary/aromatic N) is 4. The summed E-state index contributed by atoms with van der Waals surface area (Å²) in [6.07, 6.45) is 0.831. The lowest BCUT2D eigenvalue weighted by Gasteiger charge is -2.34. The number of rotatable bonds is 5. The zero-order valence-electron chi connectivity index (χ0n) is 18.0. The summed E-state index contributed by atoms with van der Waals surface area (Å²) in [6.45, 7) is 3.60. The third-order valence-electron chi connectivity index (χ3n) is 5.78. The molecule has 1 aromatic carbocycles. The van der Waals surface area contributed by atoms with Gasteiger partial charge in [-0.05, 0) is 51.1 Å². The maximum atomic E-state index is 13.1. The zero-order valence-corrected chi connectivity index (χ0v) is 18.7. The first-order chi connectivity index (χ1) is 15.7. The Morgan fingerprint density at radius 3 is 2.48 bits per heavy atom. The predicted molar refractivity (Wildman–Crippen MR) is 119 cm³/mol. The minimum atomic E-state index is -4.61. The second-order valence-electron chi connectivity index (χ2n) is 8.10. The number of carbonyl (C=O) groups is 1. The molecule has 1 N–H and O–H groups in total. The van der Waals surface area contributed by atoms with E-state index in [1.165, 1.54) is 12.4 Å². The van der Waals surface area contributed by atoms with Crippen molar-refractivity contribution in [3.05, 3.63) is 64.3 Å². The van der Waals surface area contributed by atoms with Gasteiger partial charge in [-0.25, -0.2) is 9.97 Å². The van der Waals surface area contributed by atoms with Crippen LogP contribution in [0.2, 0.25) is 5.02 Å². The van der Waals surface area contributed by atoms with Gasteiger partial charge in [0.15, 0.2) is 0 Å². The fraction of sp³-hybridized carbons (Fsp3) is 0.391. The molecule has 1 unspecified atom stereocenters. The van der Waals surface area contributed by atoms with Crippen LogP contribution in [0.5, 0.6) is 0 Å². The molecule has 174 valence electrons. The van der Waals surface area contributed by atoms with E-state index in [1.54, 1.807) is 12.1 Å². The number of carbonyl (C=O) groups excluding carboxylic acids is 1. The summed E-state index contributed by atoms with van der Waals surface area (Å²) in [7, 11) is 0. The molecular weight excluding hydrogens is 455 g/mol. The molecule has 0 radical (unpaired) electrons. The maximum absolute atomic E-state index is 13.1. The smallest absolute Gasteiger partial charge is 0.350 e. The number of hydrogen-bond donors (Lipinski definition) is 1. The Hall–Kier alpha value is -2.78. The van der Waals surface area contributed by atoms with E-state index in [-0.39, 0.29) is 18.5 Å². The normalized spacial score (nSPS) is 16.0. The number of piperidine rings is 1. The van der Waals surface area contributed by atoms with Crippen LogP contribution in [0.4, 0.5) is 13.2 Å². The highest BCUT2D eigenvalue weighted by Gasteiger charge is 2.35. The zero-order chi connectivity index (χ0) is 23.6. The Morgan fingerprint density at radius 2 is 1.82 bits per heavy atom. The molecule has 6 nitrogen and oxygen atoms in total. The molecule has 33 heavy (non-hydrogen) atoms. The molecule has 4 rings (SSSR count). The first kappa shape index (κ1) is 23.4. The topological polar surface area (TPSA) is 71.0 Å². The summed E-state index contributed by atoms with van der Waals surface area (Å²) in [6, 6.07) is 6.66. The SMILES string of the molecule is Cc1ccc2c(C(=O)NCC(c3cnc(C(F)(F)F)nc3)N3CCCCC3)c(Cl)ccc2n1. The largest absolute Gasteiger partial charge is 0.451 e. The molecule has 1 aliphatic rings. The summed E-state index contributed by atoms with van der Waals surface area (Å²) in [5.41, 5.74) is 2.33. The summed E-state index contributed by atoms with van der Waals surface area (Å²) < 4.78 is 38.7. The molecule has 2 aromatic heterocycles. The third kappa shape index (κ3) is 5.25. The summed E-state index contributed by atoms with van der Waals surface area (Å²) in [4.78, 5) is 26.8. The van der Waals surface area contributed by atoms with Gasteiger partial charge in [-0.2, -0.15) is 13.2 Å². The number of pyridine rings is 1. The van der Waals surface area contributed by atoms with Crippen molar-refractivity contribution in [2.75, 3.05) is 19.6 Å². The molecule has 0 aliphatic carbocycles. The quantitative estimate of drug-likeness (QED) is 0.562. The van der Waals surface area contributed by atoms with Gasteiger partial charge >= 0.3 is 6.18 Å². The molecule has 1 atom stereocenters. The Morgan fingerprint density at radius 1 is 1.12 bits per heavy atom. The van der Waals surface area contributed by atoms with Gasteiger partial charge in [0.05, 0.1) is 22.1 Å². The fourth-order valence-electron chi connectivity index (χ4n) is 4.13. The molecule has 1 fully saturated rings. The Labute approximate surface area is 194 Å². The van der Waals surface area contributed by atoms with Crippen molar-refractivity contribution >= 4 is 28.4 Å². The minimum absolute atomic E-state index is 0.180. The molecule has 3 aromatic rings. The van der Waals surface area contributed by atoms with Crippen molar-refractivity contribution < 1.29 is 18.0 Å². The molecular formula is C23H23ClF3N5O. The first-order valence-electron chi connectivity index (χ1n) is 10.7. The molecule has 3 heterocycles. The number of aryl methyl sites for hydroxylation is 1. The van der Waals surface area contributed by atoms with Gasteiger partial charge in [-0.1, -0.05) is 24.1 Å². The summed E-state index contributed by atoms with van der Waals surface area (Å²) in [5, 5.41) is 3.86. The highest BCUT2D eigenvalue weighted by atomic mass is 35.5. The second kappa shape index (κ2) is 9.61. The van der Waals surface area contributed by atoms with E-state index in [2.05, 4.69) is 25.2 Å². The summed E-state index contributed by atoms with van der Waals surface area (Å²) >= 11 is 6.35. The van der Waals surface area contributed by atoms with Crippen LogP contribution in [-0.2, 0) is 6.18 Å². The lowest BCUT2D eigenvalue weighted by Crippen LogP contribution is -2.41. The number of halogens is 4. The number of likely N-dealkylation sites (tertiary alicyclic amines) is 1. The standard InChI is InChI=1S/C23H23ClF3N5O/c1-14-5-6-16-18(31-14)8-7-17(24)20(16)21(33)28-13-19(32-9-3-2-4-10-32)15-11-29-22(30-12-15)23(25,26)27/h5-8,11-12,19H,2-4,9-10,13H2,1H3,(H,28,33). The van der Waals surface area contributed by atoms with Gasteiger partial charge < -0.3 is 5.32 Å². The van der Waals surface area contributed by atoms with Crippen LogP contribution in [0.1, 0.15) is 52.7 Å². The van der Waals surface area contributed by atoms with Gasteiger partial charge in [0.1, 0.15) is 0 Å². The van der Waals surface area contributed by atoms with Crippen LogP contribution >= 0.6 is 11.6 Å². The highest BCUT2D eigenvalue weighted by Crippen LogP contribution is 2.29. The number of fused-ring (bicyclic) bond motifs is 1. The monoisotopic (exact) mass is 477 g/mol. The number of hydrogen-bond acceptors (Lipinski definition) is 5. The average molecular weight is 478 g/mol. The second-order valence-corrected chi connectivity index (χ2v) is 8.51. The average Bonchev–Trinajstić information content (AvgIpc) is 2.79. The molecule has 10 heteroatoms. The predicted octanol–water partition coefficient (Wildman–Crippen LogP) is 4.96. The lowest BCUT2D eigenvalue weighted by molar-refractivity contribution is -0.145. The molecule has 0 spiro atoms. The van der Waals surface area contributed by atoms with Crippen LogP contribution < -0.4 is 5.32 Å². The number of alkyl halides is 3. The van der Waals surface area contributed by atoms with E-state index in [0.717, 1.165) is 38.0 Å². The van der Waals surface area contributed by atoms with E-state index in [4.69, 9.17) is 11.6 Å². The Bertz CT molecular complexity index is 1150. The van der Waals surface area contributed by atoms with Crippen LogP contribution in [-0.4, -0.2) is 45.4 Å². The number of amides is 1. The highest BCUT2D eigenvalue weighted by molar-refractivity contribution is 6.35. The molecule has 1 saturated heterocycles. The number of nitrogens with one attached hydrogen (secondary N) is 1. The van der Waals surface area contributed by atoms with Crippen molar-refractivity contribution in [1.29, 1.82) is 0 Å². The van der Waals surface area contributed by atoms with Crippen LogP contribution in [0.3, 0.4) is 0 Å². The van der Waals surface area contributed by atoms with E-state index in [1.807, 2.05) is 19.1 Å². The molecule has 0 saturated carbocycles. The van der Waals surface area contributed by atoms with Crippen LogP contribution in [0.15, 0.2) is 36.7 Å². The fourth-order valence-corrected chi connectivity index (χ4v) is 4.38. The van der Waals surface area contributed by atoms with E-state index >= 15 is 0 Å². The minimum Gasteiger partial charge on any atom is -0.350 e. The summed E-state index contributed by atoms with van der Waals surface area (Å²) in [5.74, 6) is -1.55. The van der Waals surface area contributed by atoms with Crippen molar-refractivity contribution in [2.45, 2.75) is 38.4 Å². The maximum Gasteiger partial charge on any atom is 0.451 e. The van der Waals surface area contributed by atoms with Crippen molar-refractivity contribution in [2.24, 2.45) is 0 Å². The Balaban J connectivity index is 1.59. The van der Waals surface area contributed by atoms with E-state index in [9.17, 15) is 18.0 Å². The lowest BCUT2D eigenvalue weighted by atomic mass is 10.0. The number of aromatic nitrogens is 3. The van der Waals surface area contributed by atoms with Gasteiger partial charge in [0.2, 0.25) is 5.82 Å². The van der Waals surface area contributed by atoms with E-state index in [0.29, 0.717) is 27.1 Å². The van der Waals surface area contributed by atoms with Crippen LogP contribution in [0.25, 0.3) is 10.9 Å². The number of benzene rings is 1. The molecule has 1 amide bonds. The van der Waals surface area contributed by atoms with E-state index < -0.39 is 12.0 Å². The molecule has 1 aliphatic heterocycles. The van der Waals surface area contributed by atoms with Gasteiger partial charge in [-0.15, -0.1) is 0 Å².